The van der Waals surface area contributed by atoms with Gasteiger partial charge in [-0.2, -0.15) is 0 Å². The summed E-state index contributed by atoms with van der Waals surface area (Å²) in [5.41, 5.74) is 1.24. The minimum absolute atomic E-state index is 0.136. The molecule has 1 heteroatoms. The van der Waals surface area contributed by atoms with E-state index in [2.05, 4.69) is 12.2 Å². The Bertz CT molecular complexity index is 234. The lowest BCUT2D eigenvalue weighted by molar-refractivity contribution is -0.125. The molecule has 0 N–H and O–H groups in total. The van der Waals surface area contributed by atoms with E-state index in [0.717, 1.165) is 6.42 Å². The lowest BCUT2D eigenvalue weighted by atomic mass is 9.91. The van der Waals surface area contributed by atoms with Gasteiger partial charge in [0, 0.05) is 11.8 Å². The van der Waals surface area contributed by atoms with Gasteiger partial charge in [-0.1, -0.05) is 44.6 Å². The Hall–Kier alpha value is -0.850. The normalized spacial score (nSPS) is 15.1. The molecule has 0 saturated heterocycles. The van der Waals surface area contributed by atoms with Crippen molar-refractivity contribution in [3.63, 3.8) is 0 Å². The summed E-state index contributed by atoms with van der Waals surface area (Å²) in [6.07, 6.45) is 7.02. The van der Waals surface area contributed by atoms with Gasteiger partial charge in [0.05, 0.1) is 0 Å². The number of hydrogen-bond donors (Lipinski definition) is 0. The predicted molar refractivity (Wildman–Crippen MR) is 62.2 cm³/mol. The van der Waals surface area contributed by atoms with Crippen LogP contribution in [0.3, 0.4) is 0 Å². The van der Waals surface area contributed by atoms with Crippen LogP contribution in [0.25, 0.3) is 0 Å². The summed E-state index contributed by atoms with van der Waals surface area (Å²) in [6, 6.07) is 0. The van der Waals surface area contributed by atoms with E-state index in [9.17, 15) is 4.79 Å². The highest BCUT2D eigenvalue weighted by Crippen LogP contribution is 2.17. The first-order valence-electron chi connectivity index (χ1n) is 5.34. The highest BCUT2D eigenvalue weighted by atomic mass is 16.1. The molecular weight excluding hydrogens is 172 g/mol. The van der Waals surface area contributed by atoms with Crippen LogP contribution in [0, 0.1) is 11.8 Å². The molecule has 0 aliphatic carbocycles. The first-order chi connectivity index (χ1) is 6.52. The highest BCUT2D eigenvalue weighted by molar-refractivity contribution is 5.82. The molecule has 0 spiro atoms. The van der Waals surface area contributed by atoms with E-state index in [1.807, 2.05) is 40.7 Å². The van der Waals surface area contributed by atoms with Crippen molar-refractivity contribution >= 4 is 5.78 Å². The highest BCUT2D eigenvalue weighted by Gasteiger charge is 2.16. The molecular formula is C13H22O. The monoisotopic (exact) mass is 194 g/mol. The Morgan fingerprint density at radius 3 is 2.14 bits per heavy atom. The minimum Gasteiger partial charge on any atom is -0.299 e. The summed E-state index contributed by atoms with van der Waals surface area (Å²) >= 11 is 0. The molecule has 0 aromatic rings. The number of hydrogen-bond acceptors (Lipinski definition) is 1. The van der Waals surface area contributed by atoms with E-state index >= 15 is 0 Å². The lowest BCUT2D eigenvalue weighted by Gasteiger charge is -2.13. The van der Waals surface area contributed by atoms with Gasteiger partial charge in [-0.05, 0) is 20.3 Å². The number of Topliss-reactive ketones (excluding diaryl/α,β-unsaturated/α-hetero) is 1. The van der Waals surface area contributed by atoms with Crippen LogP contribution in [0.1, 0.15) is 41.0 Å². The summed E-state index contributed by atoms with van der Waals surface area (Å²) < 4.78 is 0. The molecule has 0 bridgehead atoms. The van der Waals surface area contributed by atoms with Crippen LogP contribution in [0.15, 0.2) is 23.8 Å². The molecule has 0 rings (SSSR count). The van der Waals surface area contributed by atoms with E-state index < -0.39 is 0 Å². The van der Waals surface area contributed by atoms with Crippen molar-refractivity contribution in [1.82, 2.24) is 0 Å². The Balaban J connectivity index is 4.30. The average Bonchev–Trinajstić information content (AvgIpc) is 2.15. The molecule has 0 fully saturated rings. The molecule has 0 aromatic heterocycles. The minimum atomic E-state index is 0.136. The van der Waals surface area contributed by atoms with Gasteiger partial charge in [-0.25, -0.2) is 0 Å². The second-order valence-electron chi connectivity index (χ2n) is 4.03. The van der Waals surface area contributed by atoms with Gasteiger partial charge in [-0.15, -0.1) is 0 Å². The van der Waals surface area contributed by atoms with Crippen molar-refractivity contribution in [3.8, 4) is 0 Å². The number of carbonyl (C=O) groups is 1. The molecule has 0 aliphatic rings. The Kier molecular flexibility index (Phi) is 6.18. The summed E-state index contributed by atoms with van der Waals surface area (Å²) in [7, 11) is 0. The summed E-state index contributed by atoms with van der Waals surface area (Å²) in [5.74, 6) is 0.639. The van der Waals surface area contributed by atoms with E-state index in [-0.39, 0.29) is 11.8 Å². The maximum atomic E-state index is 11.6. The molecule has 14 heavy (non-hydrogen) atoms. The summed E-state index contributed by atoms with van der Waals surface area (Å²) in [4.78, 5) is 11.6. The van der Waals surface area contributed by atoms with Gasteiger partial charge >= 0.3 is 0 Å². The Morgan fingerprint density at radius 1 is 1.21 bits per heavy atom. The van der Waals surface area contributed by atoms with Crippen LogP contribution in [-0.4, -0.2) is 5.78 Å². The van der Waals surface area contributed by atoms with E-state index in [4.69, 9.17) is 0 Å². The van der Waals surface area contributed by atoms with Crippen molar-refractivity contribution in [2.45, 2.75) is 41.0 Å². The molecule has 1 unspecified atom stereocenters. The van der Waals surface area contributed by atoms with Crippen LogP contribution < -0.4 is 0 Å². The molecule has 0 aromatic carbocycles. The van der Waals surface area contributed by atoms with Gasteiger partial charge in [0.25, 0.3) is 0 Å². The molecule has 0 amide bonds. The smallest absolute Gasteiger partial charge is 0.138 e. The standard InChI is InChI=1S/C13H22O/c1-6-8-12(7-2)9-11(5)13(14)10(3)4/h6-8,10-11H,9H2,1-5H3/b8-6-,12-7+. The average molecular weight is 194 g/mol. The third-order valence-corrected chi connectivity index (χ3v) is 2.35. The second kappa shape index (κ2) is 6.58. The largest absolute Gasteiger partial charge is 0.299 e. The zero-order valence-electron chi connectivity index (χ0n) is 10.0. The number of carbonyl (C=O) groups excluding carboxylic acids is 1. The number of allylic oxidation sites excluding steroid dienone is 4. The SMILES string of the molecule is C/C=C\C(=C/C)CC(C)C(=O)C(C)C. The van der Waals surface area contributed by atoms with Crippen LogP contribution in [-0.2, 0) is 4.79 Å². The van der Waals surface area contributed by atoms with Crippen molar-refractivity contribution in [3.05, 3.63) is 23.8 Å². The third kappa shape index (κ3) is 4.40. The second-order valence-corrected chi connectivity index (χ2v) is 4.03. The first-order valence-corrected chi connectivity index (χ1v) is 5.34. The quantitative estimate of drug-likeness (QED) is 0.609. The third-order valence-electron chi connectivity index (χ3n) is 2.35. The maximum Gasteiger partial charge on any atom is 0.138 e. The van der Waals surface area contributed by atoms with Crippen molar-refractivity contribution < 1.29 is 4.79 Å². The van der Waals surface area contributed by atoms with Crippen LogP contribution in [0.5, 0.6) is 0 Å². The molecule has 80 valence electrons. The Morgan fingerprint density at radius 2 is 1.79 bits per heavy atom. The molecule has 0 aliphatic heterocycles. The van der Waals surface area contributed by atoms with Gasteiger partial charge in [0.1, 0.15) is 5.78 Å². The molecule has 0 heterocycles. The van der Waals surface area contributed by atoms with Gasteiger partial charge < -0.3 is 0 Å². The first kappa shape index (κ1) is 13.2. The topological polar surface area (TPSA) is 17.1 Å². The van der Waals surface area contributed by atoms with Crippen LogP contribution in [0.2, 0.25) is 0 Å². The predicted octanol–water partition coefficient (Wildman–Crippen LogP) is 3.76. The van der Waals surface area contributed by atoms with E-state index in [0.29, 0.717) is 5.78 Å². The van der Waals surface area contributed by atoms with Crippen molar-refractivity contribution in [1.29, 1.82) is 0 Å². The summed E-state index contributed by atoms with van der Waals surface area (Å²) in [5, 5.41) is 0. The fraction of sp³-hybridized carbons (Fsp3) is 0.615. The number of rotatable bonds is 5. The van der Waals surface area contributed by atoms with Crippen molar-refractivity contribution in [2.24, 2.45) is 11.8 Å². The fourth-order valence-corrected chi connectivity index (χ4v) is 1.52. The maximum absolute atomic E-state index is 11.6. The van der Waals surface area contributed by atoms with Crippen LogP contribution in [0.4, 0.5) is 0 Å². The van der Waals surface area contributed by atoms with E-state index in [1.54, 1.807) is 0 Å². The lowest BCUT2D eigenvalue weighted by Crippen LogP contribution is -2.17. The van der Waals surface area contributed by atoms with Gasteiger partial charge in [0.15, 0.2) is 0 Å². The fourth-order valence-electron chi connectivity index (χ4n) is 1.52. The Labute approximate surface area is 87.9 Å². The molecule has 1 nitrogen and oxygen atoms in total. The summed E-state index contributed by atoms with van der Waals surface area (Å²) in [6.45, 7) is 9.95. The molecule has 0 saturated carbocycles. The van der Waals surface area contributed by atoms with E-state index in [1.165, 1.54) is 5.57 Å². The van der Waals surface area contributed by atoms with Gasteiger partial charge in [0.2, 0.25) is 0 Å². The van der Waals surface area contributed by atoms with Crippen molar-refractivity contribution in [2.75, 3.05) is 0 Å². The zero-order valence-corrected chi connectivity index (χ0v) is 10.0. The molecule has 0 radical (unpaired) electrons. The zero-order chi connectivity index (χ0) is 11.1. The van der Waals surface area contributed by atoms with Gasteiger partial charge in [-0.3, -0.25) is 4.79 Å². The van der Waals surface area contributed by atoms with Crippen LogP contribution >= 0.6 is 0 Å². The number of ketones is 1. The molecule has 1 atom stereocenters.